The highest BCUT2D eigenvalue weighted by Crippen LogP contribution is 2.45. The largest absolute Gasteiger partial charge is 0.507 e. The van der Waals surface area contributed by atoms with Crippen LogP contribution >= 0.6 is 27.3 Å². The van der Waals surface area contributed by atoms with E-state index in [2.05, 4.69) is 15.9 Å². The SMILES string of the molecule is Cc1cc(C)c2nc(N3C(=O)C(=O)/C(=C(/O)c4ccc5c(c4)C[C@@H](C)O5)[C@H]3c3ccc(Br)cc3)sc2c1. The molecule has 0 unspecified atom stereocenters. The van der Waals surface area contributed by atoms with Gasteiger partial charge in [-0.2, -0.15) is 0 Å². The number of fused-ring (bicyclic) bond motifs is 2. The molecule has 4 aromatic rings. The first kappa shape index (κ1) is 23.9. The number of benzene rings is 3. The second-order valence-corrected chi connectivity index (χ2v) is 11.5. The summed E-state index contributed by atoms with van der Waals surface area (Å²) < 4.78 is 7.60. The number of aliphatic hydroxyl groups excluding tert-OH is 1. The minimum absolute atomic E-state index is 0.0476. The molecule has 1 amide bonds. The van der Waals surface area contributed by atoms with Crippen LogP contribution in [0.25, 0.3) is 16.0 Å². The molecule has 0 saturated carbocycles. The number of ketones is 1. The van der Waals surface area contributed by atoms with E-state index in [-0.39, 0.29) is 17.4 Å². The number of carbonyl (C=O) groups excluding carboxylic acids is 2. The van der Waals surface area contributed by atoms with Crippen LogP contribution in [-0.4, -0.2) is 27.9 Å². The highest BCUT2D eigenvalue weighted by molar-refractivity contribution is 9.10. The summed E-state index contributed by atoms with van der Waals surface area (Å²) in [5.41, 5.74) is 5.09. The van der Waals surface area contributed by atoms with Crippen LogP contribution in [0.5, 0.6) is 5.75 Å². The number of Topliss-reactive ketones (excluding diaryl/α,β-unsaturated/α-hetero) is 1. The van der Waals surface area contributed by atoms with E-state index in [1.165, 1.54) is 16.2 Å². The summed E-state index contributed by atoms with van der Waals surface area (Å²) in [5, 5.41) is 11.9. The van der Waals surface area contributed by atoms with Crippen LogP contribution in [0, 0.1) is 13.8 Å². The van der Waals surface area contributed by atoms with Crippen molar-refractivity contribution in [2.24, 2.45) is 0 Å². The van der Waals surface area contributed by atoms with Crippen molar-refractivity contribution >= 4 is 60.1 Å². The average Bonchev–Trinajstić information content (AvgIpc) is 3.52. The molecule has 6 rings (SSSR count). The molecule has 1 fully saturated rings. The third kappa shape index (κ3) is 3.95. The molecule has 0 spiro atoms. The normalized spacial score (nSPS) is 20.5. The van der Waals surface area contributed by atoms with Crippen molar-refractivity contribution in [1.29, 1.82) is 0 Å². The summed E-state index contributed by atoms with van der Waals surface area (Å²) >= 11 is 4.83. The molecule has 6 nitrogen and oxygen atoms in total. The lowest BCUT2D eigenvalue weighted by molar-refractivity contribution is -0.132. The Balaban J connectivity index is 1.54. The van der Waals surface area contributed by atoms with Crippen molar-refractivity contribution in [3.05, 3.63) is 92.5 Å². The van der Waals surface area contributed by atoms with E-state index in [4.69, 9.17) is 9.72 Å². The number of hydrogen-bond donors (Lipinski definition) is 1. The Hall–Kier alpha value is -3.49. The Kier molecular flexibility index (Phi) is 5.69. The number of halogens is 1. The van der Waals surface area contributed by atoms with Gasteiger partial charge in [0.05, 0.1) is 21.8 Å². The number of aryl methyl sites for hydroxylation is 2. The lowest BCUT2D eigenvalue weighted by Gasteiger charge is -2.23. The van der Waals surface area contributed by atoms with Crippen LogP contribution in [0.1, 0.15) is 40.8 Å². The Bertz CT molecular complexity index is 1640. The molecule has 2 atom stereocenters. The quantitative estimate of drug-likeness (QED) is 0.169. The highest BCUT2D eigenvalue weighted by Gasteiger charge is 2.48. The molecule has 186 valence electrons. The van der Waals surface area contributed by atoms with Crippen molar-refractivity contribution in [2.75, 3.05) is 4.90 Å². The lowest BCUT2D eigenvalue weighted by atomic mass is 9.94. The predicted molar refractivity (Wildman–Crippen MR) is 148 cm³/mol. The van der Waals surface area contributed by atoms with Crippen LogP contribution in [0.3, 0.4) is 0 Å². The van der Waals surface area contributed by atoms with Crippen molar-refractivity contribution in [2.45, 2.75) is 39.3 Å². The average molecular weight is 575 g/mol. The maximum absolute atomic E-state index is 13.5. The van der Waals surface area contributed by atoms with Gasteiger partial charge in [-0.1, -0.05) is 45.5 Å². The number of rotatable bonds is 3. The van der Waals surface area contributed by atoms with Gasteiger partial charge in [0.25, 0.3) is 5.78 Å². The summed E-state index contributed by atoms with van der Waals surface area (Å²) in [4.78, 5) is 33.2. The standard InChI is InChI=1S/C29H23BrN2O4S/c1-14-10-15(2)24-22(11-14)37-29(31-24)32-25(17-4-7-20(30)8-5-17)23(27(34)28(32)35)26(33)18-6-9-21-19(13-18)12-16(3)36-21/h4-11,13,16,25,33H,12H2,1-3H3/b26-23+/t16-,25-/m1/s1. The summed E-state index contributed by atoms with van der Waals surface area (Å²) in [6, 6.07) is 16.0. The van der Waals surface area contributed by atoms with E-state index >= 15 is 0 Å². The number of nitrogens with zero attached hydrogens (tertiary/aromatic N) is 2. The van der Waals surface area contributed by atoms with Gasteiger partial charge in [-0.15, -0.1) is 0 Å². The highest BCUT2D eigenvalue weighted by atomic mass is 79.9. The van der Waals surface area contributed by atoms with Crippen molar-refractivity contribution in [3.63, 3.8) is 0 Å². The molecule has 0 radical (unpaired) electrons. The fraction of sp³-hybridized carbons (Fsp3) is 0.207. The van der Waals surface area contributed by atoms with Crippen molar-refractivity contribution in [3.8, 4) is 5.75 Å². The third-order valence-corrected chi connectivity index (χ3v) is 8.35. The second-order valence-electron chi connectivity index (χ2n) is 9.60. The summed E-state index contributed by atoms with van der Waals surface area (Å²) in [6.45, 7) is 5.99. The first-order valence-corrected chi connectivity index (χ1v) is 13.6. The van der Waals surface area contributed by atoms with Crippen molar-refractivity contribution in [1.82, 2.24) is 4.98 Å². The molecule has 1 saturated heterocycles. The second kappa shape index (κ2) is 8.82. The number of thiazole rings is 1. The van der Waals surface area contributed by atoms with Gasteiger partial charge in [0.2, 0.25) is 0 Å². The van der Waals surface area contributed by atoms with Crippen LogP contribution in [0.2, 0.25) is 0 Å². The van der Waals surface area contributed by atoms with Crippen LogP contribution in [-0.2, 0) is 16.0 Å². The van der Waals surface area contributed by atoms with Gasteiger partial charge in [-0.3, -0.25) is 14.5 Å². The first-order chi connectivity index (χ1) is 17.7. The van der Waals surface area contributed by atoms with Gasteiger partial charge < -0.3 is 9.84 Å². The van der Waals surface area contributed by atoms with E-state index in [0.29, 0.717) is 22.7 Å². The molecule has 0 bridgehead atoms. The Morgan fingerprint density at radius 3 is 2.62 bits per heavy atom. The predicted octanol–water partition coefficient (Wildman–Crippen LogP) is 6.63. The molecule has 2 aliphatic heterocycles. The van der Waals surface area contributed by atoms with Gasteiger partial charge in [0.15, 0.2) is 5.13 Å². The van der Waals surface area contributed by atoms with E-state index in [9.17, 15) is 14.7 Å². The maximum Gasteiger partial charge on any atom is 0.301 e. The van der Waals surface area contributed by atoms with Crippen LogP contribution in [0.15, 0.2) is 64.6 Å². The molecule has 1 N–H and O–H groups in total. The fourth-order valence-electron chi connectivity index (χ4n) is 5.18. The molecular weight excluding hydrogens is 552 g/mol. The summed E-state index contributed by atoms with van der Waals surface area (Å²) in [7, 11) is 0. The van der Waals surface area contributed by atoms with E-state index < -0.39 is 17.7 Å². The zero-order valence-electron chi connectivity index (χ0n) is 20.4. The van der Waals surface area contributed by atoms with Gasteiger partial charge >= 0.3 is 5.91 Å². The first-order valence-electron chi connectivity index (χ1n) is 12.0. The minimum atomic E-state index is -0.821. The topological polar surface area (TPSA) is 79.7 Å². The van der Waals surface area contributed by atoms with Gasteiger partial charge in [-0.05, 0) is 79.4 Å². The number of aromatic nitrogens is 1. The number of amides is 1. The summed E-state index contributed by atoms with van der Waals surface area (Å²) in [6.07, 6.45) is 0.762. The molecule has 8 heteroatoms. The number of carbonyl (C=O) groups is 2. The van der Waals surface area contributed by atoms with Gasteiger partial charge in [0, 0.05) is 16.5 Å². The van der Waals surface area contributed by atoms with E-state index in [1.54, 1.807) is 12.1 Å². The zero-order chi connectivity index (χ0) is 26.0. The molecule has 3 aromatic carbocycles. The Labute approximate surface area is 226 Å². The molecule has 37 heavy (non-hydrogen) atoms. The summed E-state index contributed by atoms with van der Waals surface area (Å²) in [5.74, 6) is -0.873. The van der Waals surface area contributed by atoms with Gasteiger partial charge in [0.1, 0.15) is 17.6 Å². The third-order valence-electron chi connectivity index (χ3n) is 6.82. The van der Waals surface area contributed by atoms with Crippen LogP contribution < -0.4 is 9.64 Å². The van der Waals surface area contributed by atoms with E-state index in [1.807, 2.05) is 63.2 Å². The van der Waals surface area contributed by atoms with Crippen molar-refractivity contribution < 1.29 is 19.4 Å². The fourth-order valence-corrected chi connectivity index (χ4v) is 6.61. The zero-order valence-corrected chi connectivity index (χ0v) is 22.8. The molecule has 2 aliphatic rings. The maximum atomic E-state index is 13.5. The molecule has 1 aromatic heterocycles. The Morgan fingerprint density at radius 1 is 1.11 bits per heavy atom. The number of aliphatic hydroxyl groups is 1. The lowest BCUT2D eigenvalue weighted by Crippen LogP contribution is -2.29. The Morgan fingerprint density at radius 2 is 1.86 bits per heavy atom. The number of hydrogen-bond acceptors (Lipinski definition) is 6. The molecular formula is C29H23BrN2O4S. The number of ether oxygens (including phenoxy) is 1. The molecule has 0 aliphatic carbocycles. The number of anilines is 1. The van der Waals surface area contributed by atoms with Crippen LogP contribution in [0.4, 0.5) is 5.13 Å². The van der Waals surface area contributed by atoms with E-state index in [0.717, 1.165) is 37.1 Å². The minimum Gasteiger partial charge on any atom is -0.507 e. The smallest absolute Gasteiger partial charge is 0.301 e. The molecule has 3 heterocycles. The van der Waals surface area contributed by atoms with Gasteiger partial charge in [-0.25, -0.2) is 4.98 Å². The monoisotopic (exact) mass is 574 g/mol.